The van der Waals surface area contributed by atoms with Gasteiger partial charge in [0.15, 0.2) is 6.61 Å². The molecule has 0 unspecified atom stereocenters. The van der Waals surface area contributed by atoms with Crippen molar-refractivity contribution in [1.82, 2.24) is 0 Å². The Bertz CT molecular complexity index is 1390. The Hall–Kier alpha value is -3.48. The normalized spacial score (nSPS) is 21.0. The number of Topliss-reactive ketones (excluding diaryl/α,β-unsaturated/α-hetero) is 1. The third-order valence-electron chi connectivity index (χ3n) is 7.10. The molecule has 2 amide bonds. The second-order valence-corrected chi connectivity index (χ2v) is 10.2. The van der Waals surface area contributed by atoms with Crippen molar-refractivity contribution in [2.45, 2.75) is 25.2 Å². The number of halogens is 2. The maximum Gasteiger partial charge on any atom is 0.338 e. The SMILES string of the molecule is O=C(OCC(=O)c1ccc(Cl)cc1Cl)c1cccc(N2C(=O)[C@H]3CC[C@@H](c4ccccc4)C[C@@H]3C2=O)c1. The van der Waals surface area contributed by atoms with E-state index in [0.717, 1.165) is 6.42 Å². The summed E-state index contributed by atoms with van der Waals surface area (Å²) in [4.78, 5) is 52.9. The molecule has 1 saturated carbocycles. The summed E-state index contributed by atoms with van der Waals surface area (Å²) in [6.45, 7) is -0.517. The van der Waals surface area contributed by atoms with Crippen LogP contribution in [0.5, 0.6) is 0 Å². The van der Waals surface area contributed by atoms with Gasteiger partial charge >= 0.3 is 5.97 Å². The van der Waals surface area contributed by atoms with Crippen LogP contribution in [-0.2, 0) is 14.3 Å². The van der Waals surface area contributed by atoms with Gasteiger partial charge in [-0.2, -0.15) is 0 Å². The minimum Gasteiger partial charge on any atom is -0.454 e. The molecule has 1 aliphatic carbocycles. The second kappa shape index (κ2) is 10.5. The zero-order valence-corrected chi connectivity index (χ0v) is 21.2. The van der Waals surface area contributed by atoms with Crippen molar-refractivity contribution in [3.05, 3.63) is 99.5 Å². The highest BCUT2D eigenvalue weighted by molar-refractivity contribution is 6.36. The zero-order valence-electron chi connectivity index (χ0n) is 19.7. The number of fused-ring (bicyclic) bond motifs is 1. The topological polar surface area (TPSA) is 80.8 Å². The molecule has 1 aliphatic heterocycles. The average molecular weight is 536 g/mol. The lowest BCUT2D eigenvalue weighted by atomic mass is 9.73. The summed E-state index contributed by atoms with van der Waals surface area (Å²) in [6, 6.07) is 20.6. The van der Waals surface area contributed by atoms with Crippen LogP contribution in [0.3, 0.4) is 0 Å². The smallest absolute Gasteiger partial charge is 0.338 e. The van der Waals surface area contributed by atoms with E-state index in [0.29, 0.717) is 23.6 Å². The number of carbonyl (C=O) groups is 4. The summed E-state index contributed by atoms with van der Waals surface area (Å²) >= 11 is 11.9. The van der Waals surface area contributed by atoms with Gasteiger partial charge in [-0.1, -0.05) is 59.6 Å². The number of carbonyl (C=O) groups excluding carboxylic acids is 4. The molecule has 0 aromatic heterocycles. The van der Waals surface area contributed by atoms with E-state index in [1.807, 2.05) is 18.2 Å². The van der Waals surface area contributed by atoms with E-state index >= 15 is 0 Å². The van der Waals surface area contributed by atoms with Gasteiger partial charge in [0.1, 0.15) is 0 Å². The van der Waals surface area contributed by atoms with Crippen LogP contribution >= 0.6 is 23.2 Å². The van der Waals surface area contributed by atoms with Crippen molar-refractivity contribution in [1.29, 1.82) is 0 Å². The van der Waals surface area contributed by atoms with Crippen LogP contribution in [0.1, 0.15) is 51.5 Å². The summed E-state index contributed by atoms with van der Waals surface area (Å²) < 4.78 is 5.19. The molecule has 2 fully saturated rings. The molecule has 0 radical (unpaired) electrons. The first kappa shape index (κ1) is 25.2. The molecule has 8 heteroatoms. The highest BCUT2D eigenvalue weighted by Crippen LogP contribution is 2.45. The molecule has 3 atom stereocenters. The highest BCUT2D eigenvalue weighted by Gasteiger charge is 2.50. The Kier molecular flexibility index (Phi) is 7.13. The summed E-state index contributed by atoms with van der Waals surface area (Å²) in [5, 5.41) is 0.550. The molecule has 3 aromatic rings. The van der Waals surface area contributed by atoms with Crippen molar-refractivity contribution in [3.63, 3.8) is 0 Å². The number of amides is 2. The van der Waals surface area contributed by atoms with Gasteiger partial charge in [0.05, 0.1) is 28.1 Å². The monoisotopic (exact) mass is 535 g/mol. The van der Waals surface area contributed by atoms with E-state index in [1.165, 1.54) is 40.8 Å². The van der Waals surface area contributed by atoms with Crippen LogP contribution in [0.15, 0.2) is 72.8 Å². The number of ether oxygens (including phenoxy) is 1. The predicted octanol–water partition coefficient (Wildman–Crippen LogP) is 6.11. The Labute approximate surface area is 224 Å². The van der Waals surface area contributed by atoms with Crippen LogP contribution in [0, 0.1) is 11.8 Å². The van der Waals surface area contributed by atoms with Gasteiger partial charge in [0.25, 0.3) is 0 Å². The summed E-state index contributed by atoms with van der Waals surface area (Å²) in [5.74, 6) is -2.22. The van der Waals surface area contributed by atoms with Crippen LogP contribution < -0.4 is 4.90 Å². The van der Waals surface area contributed by atoms with Crippen LogP contribution in [0.4, 0.5) is 5.69 Å². The fourth-order valence-electron chi connectivity index (χ4n) is 5.24. The number of hydrogen-bond acceptors (Lipinski definition) is 5. The fourth-order valence-corrected chi connectivity index (χ4v) is 5.76. The maximum absolute atomic E-state index is 13.4. The second-order valence-electron chi connectivity index (χ2n) is 9.32. The van der Waals surface area contributed by atoms with Gasteiger partial charge in [-0.25, -0.2) is 4.79 Å². The standard InChI is InChI=1S/C29H23Cl2NO5/c30-20-10-12-23(25(31)15-20)26(33)16-37-29(36)19-7-4-8-21(13-19)32-27(34)22-11-9-18(14-24(22)28(32)35)17-5-2-1-3-6-17/h1-8,10,12-13,15,18,22,24H,9,11,14,16H2/t18-,22+,24+/m1/s1. The molecule has 0 bridgehead atoms. The Morgan fingerprint density at radius 3 is 2.38 bits per heavy atom. The first-order valence-electron chi connectivity index (χ1n) is 12.0. The van der Waals surface area contributed by atoms with Crippen molar-refractivity contribution >= 4 is 52.5 Å². The molecule has 1 saturated heterocycles. The van der Waals surface area contributed by atoms with E-state index in [-0.39, 0.29) is 45.7 Å². The van der Waals surface area contributed by atoms with Crippen LogP contribution in [0.2, 0.25) is 10.0 Å². The van der Waals surface area contributed by atoms with E-state index in [1.54, 1.807) is 12.1 Å². The van der Waals surface area contributed by atoms with Gasteiger partial charge in [-0.15, -0.1) is 0 Å². The number of benzene rings is 3. The van der Waals surface area contributed by atoms with Gasteiger partial charge in [0.2, 0.25) is 17.6 Å². The molecular formula is C29H23Cl2NO5. The summed E-state index contributed by atoms with van der Waals surface area (Å²) in [7, 11) is 0. The molecule has 1 heterocycles. The Morgan fingerprint density at radius 1 is 0.865 bits per heavy atom. The van der Waals surface area contributed by atoms with Gasteiger partial charge in [-0.05, 0) is 67.1 Å². The van der Waals surface area contributed by atoms with E-state index < -0.39 is 18.4 Å². The van der Waals surface area contributed by atoms with Crippen molar-refractivity contribution < 1.29 is 23.9 Å². The van der Waals surface area contributed by atoms with Crippen LogP contribution in [0.25, 0.3) is 0 Å². The Morgan fingerprint density at radius 2 is 1.62 bits per heavy atom. The van der Waals surface area contributed by atoms with Crippen LogP contribution in [-0.4, -0.2) is 30.2 Å². The summed E-state index contributed by atoms with van der Waals surface area (Å²) in [5.41, 5.74) is 1.82. The number of rotatable bonds is 6. The molecule has 3 aromatic carbocycles. The van der Waals surface area contributed by atoms with Gasteiger partial charge in [0, 0.05) is 10.6 Å². The third kappa shape index (κ3) is 5.04. The number of nitrogens with zero attached hydrogens (tertiary/aromatic N) is 1. The first-order valence-corrected chi connectivity index (χ1v) is 12.8. The van der Waals surface area contributed by atoms with E-state index in [9.17, 15) is 19.2 Å². The molecule has 5 rings (SSSR count). The summed E-state index contributed by atoms with van der Waals surface area (Å²) in [6.07, 6.45) is 2.10. The lowest BCUT2D eigenvalue weighted by molar-refractivity contribution is -0.122. The number of ketones is 1. The molecule has 0 N–H and O–H groups in total. The van der Waals surface area contributed by atoms with Crippen molar-refractivity contribution in [3.8, 4) is 0 Å². The molecule has 37 heavy (non-hydrogen) atoms. The molecule has 0 spiro atoms. The predicted molar refractivity (Wildman–Crippen MR) is 140 cm³/mol. The molecular weight excluding hydrogens is 513 g/mol. The van der Waals surface area contributed by atoms with E-state index in [2.05, 4.69) is 12.1 Å². The lowest BCUT2D eigenvalue weighted by Crippen LogP contribution is -2.31. The number of anilines is 1. The minimum atomic E-state index is -0.749. The lowest BCUT2D eigenvalue weighted by Gasteiger charge is -2.28. The van der Waals surface area contributed by atoms with Crippen molar-refractivity contribution in [2.75, 3.05) is 11.5 Å². The molecule has 2 aliphatic rings. The van der Waals surface area contributed by atoms with Gasteiger partial charge in [-0.3, -0.25) is 19.3 Å². The third-order valence-corrected chi connectivity index (χ3v) is 7.65. The first-order chi connectivity index (χ1) is 17.8. The maximum atomic E-state index is 13.4. The Balaban J connectivity index is 1.28. The average Bonchev–Trinajstić information content (AvgIpc) is 3.16. The zero-order chi connectivity index (χ0) is 26.1. The quantitative estimate of drug-likeness (QED) is 0.216. The number of esters is 1. The molecule has 6 nitrogen and oxygen atoms in total. The van der Waals surface area contributed by atoms with Crippen molar-refractivity contribution in [2.24, 2.45) is 11.8 Å². The number of imide groups is 1. The van der Waals surface area contributed by atoms with Gasteiger partial charge < -0.3 is 4.74 Å². The van der Waals surface area contributed by atoms with E-state index in [4.69, 9.17) is 27.9 Å². The molecule has 188 valence electrons. The highest BCUT2D eigenvalue weighted by atomic mass is 35.5. The largest absolute Gasteiger partial charge is 0.454 e. The fraction of sp³-hybridized carbons (Fsp3) is 0.241. The number of hydrogen-bond donors (Lipinski definition) is 0. The minimum absolute atomic E-state index is 0.130.